The summed E-state index contributed by atoms with van der Waals surface area (Å²) in [7, 11) is 2.10. The molecule has 3 rings (SSSR count). The van der Waals surface area contributed by atoms with Crippen LogP contribution in [0.2, 0.25) is 0 Å². The molecule has 0 bridgehead atoms. The second kappa shape index (κ2) is 5.67. The second-order valence-corrected chi connectivity index (χ2v) is 4.97. The fourth-order valence-corrected chi connectivity index (χ4v) is 2.41. The highest BCUT2D eigenvalue weighted by Crippen LogP contribution is 2.35. The van der Waals surface area contributed by atoms with Crippen LogP contribution in [-0.2, 0) is 4.74 Å². The van der Waals surface area contributed by atoms with Gasteiger partial charge in [-0.1, -0.05) is 0 Å². The Morgan fingerprint density at radius 2 is 2.21 bits per heavy atom. The Labute approximate surface area is 113 Å². The molecule has 0 amide bonds. The van der Waals surface area contributed by atoms with Gasteiger partial charge in [-0.2, -0.15) is 0 Å². The summed E-state index contributed by atoms with van der Waals surface area (Å²) in [5, 5.41) is 3.47. The maximum atomic E-state index is 5.46. The summed E-state index contributed by atoms with van der Waals surface area (Å²) in [4.78, 5) is 2.23. The van der Waals surface area contributed by atoms with E-state index in [1.807, 2.05) is 12.1 Å². The summed E-state index contributed by atoms with van der Waals surface area (Å²) < 4.78 is 16.2. The second-order valence-electron chi connectivity index (χ2n) is 4.97. The number of rotatable bonds is 4. The summed E-state index contributed by atoms with van der Waals surface area (Å²) in [5.74, 6) is 1.67. The van der Waals surface area contributed by atoms with Crippen molar-refractivity contribution in [1.82, 2.24) is 5.32 Å². The normalized spacial score (nSPS) is 21.4. The summed E-state index contributed by atoms with van der Waals surface area (Å²) in [5.41, 5.74) is 1.15. The van der Waals surface area contributed by atoms with E-state index in [1.165, 1.54) is 0 Å². The molecule has 5 heteroatoms. The minimum atomic E-state index is 0.325. The van der Waals surface area contributed by atoms with Crippen LogP contribution in [-0.4, -0.2) is 46.2 Å². The van der Waals surface area contributed by atoms with Gasteiger partial charge >= 0.3 is 0 Å². The summed E-state index contributed by atoms with van der Waals surface area (Å²) in [6.45, 7) is 3.91. The zero-order valence-electron chi connectivity index (χ0n) is 11.2. The Hall–Kier alpha value is -1.46. The van der Waals surface area contributed by atoms with Crippen molar-refractivity contribution in [3.8, 4) is 11.5 Å². The average Bonchev–Trinajstić information content (AvgIpc) is 2.93. The topological polar surface area (TPSA) is 43.0 Å². The molecular weight excluding hydrogens is 244 g/mol. The summed E-state index contributed by atoms with van der Waals surface area (Å²) in [6.07, 6.45) is 1.07. The standard InChI is InChI=1S/C14H20N2O3/c1-16(6-4-11-9-17-7-5-15-11)12-2-3-13-14(8-12)19-10-18-13/h2-3,8,11,15H,4-7,9-10H2,1H3. The lowest BCUT2D eigenvalue weighted by Crippen LogP contribution is -2.42. The summed E-state index contributed by atoms with van der Waals surface area (Å²) >= 11 is 0. The maximum Gasteiger partial charge on any atom is 0.231 e. The van der Waals surface area contributed by atoms with E-state index in [0.717, 1.165) is 49.9 Å². The SMILES string of the molecule is CN(CCC1COCCN1)c1ccc2c(c1)OCO2. The quantitative estimate of drug-likeness (QED) is 0.886. The fourth-order valence-electron chi connectivity index (χ4n) is 2.41. The number of nitrogens with one attached hydrogen (secondary N) is 1. The third kappa shape index (κ3) is 2.93. The van der Waals surface area contributed by atoms with Gasteiger partial charge in [0, 0.05) is 37.9 Å². The zero-order chi connectivity index (χ0) is 13.1. The molecule has 1 N–H and O–H groups in total. The predicted molar refractivity (Wildman–Crippen MR) is 73.1 cm³/mol. The Balaban J connectivity index is 1.56. The van der Waals surface area contributed by atoms with Gasteiger partial charge in [-0.15, -0.1) is 0 Å². The largest absolute Gasteiger partial charge is 0.454 e. The highest BCUT2D eigenvalue weighted by molar-refractivity contribution is 5.56. The first kappa shape index (κ1) is 12.6. The first-order chi connectivity index (χ1) is 9.33. The van der Waals surface area contributed by atoms with Crippen LogP contribution < -0.4 is 19.7 Å². The number of fused-ring (bicyclic) bond motifs is 1. The number of nitrogens with zero attached hydrogens (tertiary/aromatic N) is 1. The molecule has 1 atom stereocenters. The Kier molecular flexibility index (Phi) is 3.75. The Morgan fingerprint density at radius 3 is 3.05 bits per heavy atom. The number of morpholine rings is 1. The molecule has 0 aliphatic carbocycles. The molecule has 0 radical (unpaired) electrons. The van der Waals surface area contributed by atoms with Crippen molar-refractivity contribution in [2.75, 3.05) is 45.0 Å². The van der Waals surface area contributed by atoms with Gasteiger partial charge in [0.2, 0.25) is 6.79 Å². The summed E-state index contributed by atoms with van der Waals surface area (Å²) in [6, 6.07) is 6.53. The third-order valence-electron chi connectivity index (χ3n) is 3.61. The molecule has 5 nitrogen and oxygen atoms in total. The Bertz CT molecular complexity index is 433. The third-order valence-corrected chi connectivity index (χ3v) is 3.61. The zero-order valence-corrected chi connectivity index (χ0v) is 11.2. The van der Waals surface area contributed by atoms with Crippen molar-refractivity contribution < 1.29 is 14.2 Å². The van der Waals surface area contributed by atoms with Gasteiger partial charge in [0.25, 0.3) is 0 Å². The van der Waals surface area contributed by atoms with E-state index >= 15 is 0 Å². The fraction of sp³-hybridized carbons (Fsp3) is 0.571. The lowest BCUT2D eigenvalue weighted by Gasteiger charge is -2.27. The molecule has 1 fully saturated rings. The van der Waals surface area contributed by atoms with E-state index in [-0.39, 0.29) is 0 Å². The van der Waals surface area contributed by atoms with Crippen LogP contribution in [0.25, 0.3) is 0 Å². The molecule has 1 saturated heterocycles. The highest BCUT2D eigenvalue weighted by atomic mass is 16.7. The van der Waals surface area contributed by atoms with Gasteiger partial charge in [-0.3, -0.25) is 0 Å². The Morgan fingerprint density at radius 1 is 1.32 bits per heavy atom. The van der Waals surface area contributed by atoms with Gasteiger partial charge < -0.3 is 24.4 Å². The first-order valence-electron chi connectivity index (χ1n) is 6.75. The van der Waals surface area contributed by atoms with E-state index in [1.54, 1.807) is 0 Å². The van der Waals surface area contributed by atoms with E-state index < -0.39 is 0 Å². The van der Waals surface area contributed by atoms with E-state index in [4.69, 9.17) is 14.2 Å². The maximum absolute atomic E-state index is 5.46. The molecule has 0 saturated carbocycles. The smallest absolute Gasteiger partial charge is 0.231 e. The molecule has 2 heterocycles. The molecule has 0 spiro atoms. The van der Waals surface area contributed by atoms with Crippen molar-refractivity contribution in [3.05, 3.63) is 18.2 Å². The van der Waals surface area contributed by atoms with Gasteiger partial charge in [0.05, 0.1) is 13.2 Å². The van der Waals surface area contributed by atoms with E-state index in [9.17, 15) is 0 Å². The monoisotopic (exact) mass is 264 g/mol. The minimum Gasteiger partial charge on any atom is -0.454 e. The first-order valence-corrected chi connectivity index (χ1v) is 6.75. The lowest BCUT2D eigenvalue weighted by molar-refractivity contribution is 0.0749. The van der Waals surface area contributed by atoms with Crippen LogP contribution in [0.3, 0.4) is 0 Å². The molecule has 1 aromatic rings. The molecule has 104 valence electrons. The average molecular weight is 264 g/mol. The molecular formula is C14H20N2O3. The number of ether oxygens (including phenoxy) is 3. The predicted octanol–water partition coefficient (Wildman–Crippen LogP) is 1.23. The van der Waals surface area contributed by atoms with Crippen LogP contribution in [0.5, 0.6) is 11.5 Å². The van der Waals surface area contributed by atoms with Gasteiger partial charge in [-0.05, 0) is 18.6 Å². The van der Waals surface area contributed by atoms with Gasteiger partial charge in [-0.25, -0.2) is 0 Å². The van der Waals surface area contributed by atoms with Crippen LogP contribution in [0.15, 0.2) is 18.2 Å². The van der Waals surface area contributed by atoms with Crippen molar-refractivity contribution in [2.24, 2.45) is 0 Å². The number of hydrogen-bond donors (Lipinski definition) is 1. The minimum absolute atomic E-state index is 0.325. The van der Waals surface area contributed by atoms with Crippen LogP contribution in [0.1, 0.15) is 6.42 Å². The van der Waals surface area contributed by atoms with Crippen molar-refractivity contribution in [2.45, 2.75) is 12.5 Å². The molecule has 0 aromatic heterocycles. The van der Waals surface area contributed by atoms with Crippen LogP contribution >= 0.6 is 0 Å². The number of anilines is 1. The van der Waals surface area contributed by atoms with Gasteiger partial charge in [0.1, 0.15) is 0 Å². The van der Waals surface area contributed by atoms with Crippen molar-refractivity contribution >= 4 is 5.69 Å². The molecule has 2 aliphatic heterocycles. The molecule has 1 aromatic carbocycles. The van der Waals surface area contributed by atoms with Crippen molar-refractivity contribution in [3.63, 3.8) is 0 Å². The van der Waals surface area contributed by atoms with Crippen LogP contribution in [0.4, 0.5) is 5.69 Å². The van der Waals surface area contributed by atoms with Gasteiger partial charge in [0.15, 0.2) is 11.5 Å². The van der Waals surface area contributed by atoms with E-state index in [0.29, 0.717) is 12.8 Å². The molecule has 1 unspecified atom stereocenters. The number of hydrogen-bond acceptors (Lipinski definition) is 5. The van der Waals surface area contributed by atoms with Crippen molar-refractivity contribution in [1.29, 1.82) is 0 Å². The number of benzene rings is 1. The van der Waals surface area contributed by atoms with Crippen LogP contribution in [0, 0.1) is 0 Å². The lowest BCUT2D eigenvalue weighted by atomic mass is 10.2. The molecule has 2 aliphatic rings. The molecule has 19 heavy (non-hydrogen) atoms. The van der Waals surface area contributed by atoms with E-state index in [2.05, 4.69) is 23.3 Å². The highest BCUT2D eigenvalue weighted by Gasteiger charge is 2.16.